The van der Waals surface area contributed by atoms with Gasteiger partial charge in [-0.15, -0.1) is 0 Å². The van der Waals surface area contributed by atoms with Crippen LogP contribution in [0.3, 0.4) is 0 Å². The van der Waals surface area contributed by atoms with E-state index in [4.69, 9.17) is 21.1 Å². The predicted octanol–water partition coefficient (Wildman–Crippen LogP) is 3.53. The molecule has 32 heavy (non-hydrogen) atoms. The van der Waals surface area contributed by atoms with Crippen molar-refractivity contribution in [1.82, 2.24) is 5.43 Å². The average molecular weight is 480 g/mol. The molecule has 0 bridgehead atoms. The molecule has 172 valence electrons. The molecule has 0 aliphatic rings. The monoisotopic (exact) mass is 479 g/mol. The van der Waals surface area contributed by atoms with E-state index in [1.807, 2.05) is 6.92 Å². The zero-order valence-corrected chi connectivity index (χ0v) is 19.7. The van der Waals surface area contributed by atoms with E-state index in [0.29, 0.717) is 46.5 Å². The number of carbonyl (C=O) groups is 1. The minimum atomic E-state index is -3.73. The van der Waals surface area contributed by atoms with E-state index in [9.17, 15) is 13.2 Å². The number of nitrogens with one attached hydrogen (secondary N) is 1. The highest BCUT2D eigenvalue weighted by Crippen LogP contribution is 2.29. The van der Waals surface area contributed by atoms with Gasteiger partial charge in [0.15, 0.2) is 11.5 Å². The van der Waals surface area contributed by atoms with E-state index in [2.05, 4.69) is 17.1 Å². The van der Waals surface area contributed by atoms with E-state index in [0.717, 1.165) is 10.6 Å². The molecule has 1 amide bonds. The number of nitrogens with zero attached hydrogens (tertiary/aromatic N) is 2. The molecule has 2 rings (SSSR count). The Morgan fingerprint density at radius 2 is 2.00 bits per heavy atom. The van der Waals surface area contributed by atoms with Gasteiger partial charge in [-0.3, -0.25) is 9.10 Å². The topological polar surface area (TPSA) is 97.3 Å². The molecule has 0 spiro atoms. The lowest BCUT2D eigenvalue weighted by atomic mass is 10.2. The molecule has 8 nitrogen and oxygen atoms in total. The fraction of sp³-hybridized carbons (Fsp3) is 0.273. The number of carbonyl (C=O) groups excluding carboxylic acids is 1. The van der Waals surface area contributed by atoms with Crippen LogP contribution in [0.15, 0.2) is 54.2 Å². The van der Waals surface area contributed by atoms with Gasteiger partial charge in [0.25, 0.3) is 5.91 Å². The van der Waals surface area contributed by atoms with Crippen molar-refractivity contribution < 1.29 is 22.7 Å². The van der Waals surface area contributed by atoms with Crippen molar-refractivity contribution in [2.75, 3.05) is 30.3 Å². The quantitative estimate of drug-likeness (QED) is 0.302. The highest BCUT2D eigenvalue weighted by atomic mass is 35.5. The van der Waals surface area contributed by atoms with Crippen molar-refractivity contribution in [2.24, 2.45) is 5.10 Å². The fourth-order valence-corrected chi connectivity index (χ4v) is 3.81. The number of anilines is 1. The van der Waals surface area contributed by atoms with E-state index in [-0.39, 0.29) is 0 Å². The van der Waals surface area contributed by atoms with Crippen LogP contribution >= 0.6 is 11.6 Å². The van der Waals surface area contributed by atoms with Crippen molar-refractivity contribution in [1.29, 1.82) is 0 Å². The SMILES string of the molecule is C=CCOc1ccc(C=NNC(=O)CN(c2cccc(Cl)c2C)S(C)(=O)=O)cc1OCC. The summed E-state index contributed by atoms with van der Waals surface area (Å²) in [6, 6.07) is 10.0. The lowest BCUT2D eigenvalue weighted by molar-refractivity contribution is -0.119. The Morgan fingerprint density at radius 3 is 2.66 bits per heavy atom. The Morgan fingerprint density at radius 1 is 1.25 bits per heavy atom. The first kappa shape index (κ1) is 25.2. The van der Waals surface area contributed by atoms with Gasteiger partial charge in [-0.25, -0.2) is 13.8 Å². The van der Waals surface area contributed by atoms with Gasteiger partial charge < -0.3 is 9.47 Å². The fourth-order valence-electron chi connectivity index (χ4n) is 2.73. The van der Waals surface area contributed by atoms with Gasteiger partial charge in [0.1, 0.15) is 13.2 Å². The number of hydrazone groups is 1. The molecule has 0 saturated carbocycles. The van der Waals surface area contributed by atoms with Crippen LogP contribution < -0.4 is 19.2 Å². The van der Waals surface area contributed by atoms with E-state index in [1.165, 1.54) is 6.21 Å². The van der Waals surface area contributed by atoms with Gasteiger partial charge >= 0.3 is 0 Å². The van der Waals surface area contributed by atoms with E-state index in [1.54, 1.807) is 49.4 Å². The highest BCUT2D eigenvalue weighted by Gasteiger charge is 2.23. The molecular weight excluding hydrogens is 454 g/mol. The first-order chi connectivity index (χ1) is 15.2. The van der Waals surface area contributed by atoms with Gasteiger partial charge in [-0.05, 0) is 55.3 Å². The number of benzene rings is 2. The molecule has 0 saturated heterocycles. The second-order valence-electron chi connectivity index (χ2n) is 6.69. The maximum atomic E-state index is 12.4. The third-order valence-corrected chi connectivity index (χ3v) is 5.76. The average Bonchev–Trinajstić information content (AvgIpc) is 2.73. The maximum absolute atomic E-state index is 12.4. The second-order valence-corrected chi connectivity index (χ2v) is 9.00. The third-order valence-electron chi connectivity index (χ3n) is 4.22. The van der Waals surface area contributed by atoms with Gasteiger partial charge in [0.05, 0.1) is 24.8 Å². The molecule has 10 heteroatoms. The number of amides is 1. The van der Waals surface area contributed by atoms with Crippen molar-refractivity contribution >= 4 is 39.4 Å². The Bertz CT molecular complexity index is 1100. The number of ether oxygens (including phenoxy) is 2. The molecule has 0 atom stereocenters. The zero-order chi connectivity index (χ0) is 23.7. The van der Waals surface area contributed by atoms with Crippen LogP contribution in [0.4, 0.5) is 5.69 Å². The summed E-state index contributed by atoms with van der Waals surface area (Å²) in [5, 5.41) is 4.32. The lowest BCUT2D eigenvalue weighted by Gasteiger charge is -2.23. The van der Waals surface area contributed by atoms with Crippen LogP contribution in [0, 0.1) is 6.92 Å². The van der Waals surface area contributed by atoms with Crippen LogP contribution in [-0.4, -0.2) is 46.6 Å². The van der Waals surface area contributed by atoms with Gasteiger partial charge in [0, 0.05) is 5.02 Å². The van der Waals surface area contributed by atoms with Gasteiger partial charge in [-0.2, -0.15) is 5.10 Å². The molecule has 0 radical (unpaired) electrons. The number of hydrogen-bond donors (Lipinski definition) is 1. The largest absolute Gasteiger partial charge is 0.490 e. The Kier molecular flexibility index (Phi) is 9.10. The summed E-state index contributed by atoms with van der Waals surface area (Å²) in [7, 11) is -3.73. The summed E-state index contributed by atoms with van der Waals surface area (Å²) in [4.78, 5) is 12.4. The van der Waals surface area contributed by atoms with Crippen molar-refractivity contribution in [3.63, 3.8) is 0 Å². The number of hydrogen-bond acceptors (Lipinski definition) is 6. The molecule has 0 aromatic heterocycles. The van der Waals surface area contributed by atoms with Crippen molar-refractivity contribution in [3.8, 4) is 11.5 Å². The minimum Gasteiger partial charge on any atom is -0.490 e. The number of sulfonamides is 1. The molecule has 0 heterocycles. The van der Waals surface area contributed by atoms with E-state index >= 15 is 0 Å². The number of halogens is 1. The summed E-state index contributed by atoms with van der Waals surface area (Å²) >= 11 is 6.10. The van der Waals surface area contributed by atoms with Crippen LogP contribution in [0.1, 0.15) is 18.1 Å². The van der Waals surface area contributed by atoms with Crippen LogP contribution in [-0.2, 0) is 14.8 Å². The minimum absolute atomic E-state index is 0.329. The Hall–Kier alpha value is -3.04. The molecule has 0 aliphatic heterocycles. The zero-order valence-electron chi connectivity index (χ0n) is 18.2. The van der Waals surface area contributed by atoms with Gasteiger partial charge in [-0.1, -0.05) is 30.3 Å². The second kappa shape index (κ2) is 11.5. The standard InChI is InChI=1S/C22H26ClN3O5S/c1-5-12-31-20-11-10-17(13-21(20)30-6-2)14-24-25-22(27)15-26(32(4,28)29)19-9-7-8-18(23)16(19)3/h5,7-11,13-14H,1,6,12,15H2,2-4H3,(H,25,27). The maximum Gasteiger partial charge on any atom is 0.260 e. The first-order valence-corrected chi connectivity index (χ1v) is 11.9. The summed E-state index contributed by atoms with van der Waals surface area (Å²) < 4.78 is 36.6. The Balaban J connectivity index is 2.12. The number of rotatable bonds is 11. The molecule has 0 unspecified atom stereocenters. The van der Waals surface area contributed by atoms with Crippen molar-refractivity contribution in [3.05, 3.63) is 65.2 Å². The molecule has 0 fully saturated rings. The smallest absolute Gasteiger partial charge is 0.260 e. The third kappa shape index (κ3) is 7.00. The van der Waals surface area contributed by atoms with Crippen molar-refractivity contribution in [2.45, 2.75) is 13.8 Å². The highest BCUT2D eigenvalue weighted by molar-refractivity contribution is 7.92. The van der Waals surface area contributed by atoms with Gasteiger partial charge in [0.2, 0.25) is 10.0 Å². The first-order valence-electron chi connectivity index (χ1n) is 9.72. The Labute approximate surface area is 193 Å². The summed E-state index contributed by atoms with van der Waals surface area (Å²) in [5.74, 6) is 0.486. The molecular formula is C22H26ClN3O5S. The molecule has 2 aromatic rings. The molecule has 0 aliphatic carbocycles. The predicted molar refractivity (Wildman–Crippen MR) is 127 cm³/mol. The summed E-state index contributed by atoms with van der Waals surface area (Å²) in [5.41, 5.74) is 3.88. The summed E-state index contributed by atoms with van der Waals surface area (Å²) in [6.45, 7) is 7.50. The molecule has 2 aromatic carbocycles. The van der Waals surface area contributed by atoms with E-state index < -0.39 is 22.5 Å². The lowest BCUT2D eigenvalue weighted by Crippen LogP contribution is -2.39. The van der Waals surface area contributed by atoms with Crippen LogP contribution in [0.2, 0.25) is 5.02 Å². The normalized spacial score (nSPS) is 11.2. The summed E-state index contributed by atoms with van der Waals surface area (Å²) in [6.07, 6.45) is 4.08. The van der Waals surface area contributed by atoms with Crippen LogP contribution in [0.25, 0.3) is 0 Å². The van der Waals surface area contributed by atoms with Crippen LogP contribution in [0.5, 0.6) is 11.5 Å². The molecule has 1 N–H and O–H groups in total.